The number of pyridine rings is 1. The number of nitrogens with zero attached hydrogens (tertiary/aromatic N) is 1. The molecule has 0 unspecified atom stereocenters. The average molecular weight is 389 g/mol. The summed E-state index contributed by atoms with van der Waals surface area (Å²) in [4.78, 5) is 27.7. The van der Waals surface area contributed by atoms with Crippen LogP contribution in [0.2, 0.25) is 0 Å². The van der Waals surface area contributed by atoms with Crippen molar-refractivity contribution in [1.82, 2.24) is 4.98 Å². The second kappa shape index (κ2) is 10.2. The normalized spacial score (nSPS) is 10.4. The number of aryl methyl sites for hydroxylation is 1. The summed E-state index contributed by atoms with van der Waals surface area (Å²) in [5, 5.41) is 0. The van der Waals surface area contributed by atoms with Crippen molar-refractivity contribution in [1.29, 1.82) is 0 Å². The Labute approximate surface area is 170 Å². The molecule has 0 aliphatic carbocycles. The molecule has 0 radical (unpaired) electrons. The first-order valence-electron chi connectivity index (χ1n) is 9.51. The van der Waals surface area contributed by atoms with Gasteiger partial charge in [-0.15, -0.1) is 0 Å². The molecule has 29 heavy (non-hydrogen) atoms. The minimum absolute atomic E-state index is 0.00358. The minimum atomic E-state index is -0.392. The molecule has 0 saturated heterocycles. The van der Waals surface area contributed by atoms with Crippen molar-refractivity contribution in [3.05, 3.63) is 95.3 Å². The Morgan fingerprint density at radius 2 is 1.79 bits per heavy atom. The van der Waals surface area contributed by atoms with Crippen molar-refractivity contribution in [3.8, 4) is 5.75 Å². The van der Waals surface area contributed by atoms with Crippen LogP contribution >= 0.6 is 0 Å². The van der Waals surface area contributed by atoms with Gasteiger partial charge in [-0.1, -0.05) is 30.3 Å². The van der Waals surface area contributed by atoms with Crippen molar-refractivity contribution in [2.45, 2.75) is 26.4 Å². The lowest BCUT2D eigenvalue weighted by Gasteiger charge is -2.13. The maximum atomic E-state index is 12.0. The summed E-state index contributed by atoms with van der Waals surface area (Å²) in [5.74, 6) is 0.345. The van der Waals surface area contributed by atoms with E-state index in [1.54, 1.807) is 31.3 Å². The molecule has 5 heteroatoms. The lowest BCUT2D eigenvalue weighted by atomic mass is 10.0. The monoisotopic (exact) mass is 389 g/mol. The predicted octanol–water partition coefficient (Wildman–Crippen LogP) is 4.65. The Kier molecular flexibility index (Phi) is 7.11. The van der Waals surface area contributed by atoms with Gasteiger partial charge in [0.05, 0.1) is 12.2 Å². The van der Waals surface area contributed by atoms with Crippen molar-refractivity contribution >= 4 is 11.8 Å². The summed E-state index contributed by atoms with van der Waals surface area (Å²) < 4.78 is 11.3. The summed E-state index contributed by atoms with van der Waals surface area (Å²) in [6.45, 7) is 2.26. The maximum Gasteiger partial charge on any atom is 0.339 e. The van der Waals surface area contributed by atoms with E-state index < -0.39 is 5.97 Å². The van der Waals surface area contributed by atoms with Crippen molar-refractivity contribution in [2.24, 2.45) is 0 Å². The summed E-state index contributed by atoms with van der Waals surface area (Å²) in [5.41, 5.74) is 3.06. The molecule has 0 aliphatic heterocycles. The standard InChI is InChI=1S/C24H23NO4/c1-18(26)20-11-12-23(29-17-19-7-3-2-4-8-19)21(15-20)10-6-14-28-24(27)22-9-5-13-25-16-22/h2-5,7-9,11-13,15-16H,6,10,14,17H2,1H3. The van der Waals surface area contributed by atoms with Crippen LogP contribution in [0.15, 0.2) is 73.1 Å². The number of benzene rings is 2. The number of ether oxygens (including phenoxy) is 2. The summed E-state index contributed by atoms with van der Waals surface area (Å²) >= 11 is 0. The molecule has 2 aromatic carbocycles. The summed E-state index contributed by atoms with van der Waals surface area (Å²) in [6.07, 6.45) is 4.34. The molecular formula is C24H23NO4. The highest BCUT2D eigenvalue weighted by atomic mass is 16.5. The van der Waals surface area contributed by atoms with Gasteiger partial charge in [0, 0.05) is 18.0 Å². The minimum Gasteiger partial charge on any atom is -0.489 e. The molecule has 3 aromatic rings. The van der Waals surface area contributed by atoms with Gasteiger partial charge in [-0.2, -0.15) is 0 Å². The molecule has 0 amide bonds. The number of carbonyl (C=O) groups is 2. The number of esters is 1. The fourth-order valence-electron chi connectivity index (χ4n) is 2.86. The smallest absolute Gasteiger partial charge is 0.339 e. The number of rotatable bonds is 9. The molecule has 148 valence electrons. The third-order valence-electron chi connectivity index (χ3n) is 4.43. The third-order valence-corrected chi connectivity index (χ3v) is 4.43. The van der Waals surface area contributed by atoms with Crippen LogP contribution in [0.5, 0.6) is 5.75 Å². The Balaban J connectivity index is 1.60. The zero-order valence-corrected chi connectivity index (χ0v) is 16.3. The molecule has 3 rings (SSSR count). The summed E-state index contributed by atoms with van der Waals surface area (Å²) in [7, 11) is 0. The molecule has 1 heterocycles. The third kappa shape index (κ3) is 6.01. The molecule has 5 nitrogen and oxygen atoms in total. The summed E-state index contributed by atoms with van der Waals surface area (Å²) in [6, 6.07) is 18.7. The first-order chi connectivity index (χ1) is 14.1. The highest BCUT2D eigenvalue weighted by Crippen LogP contribution is 2.23. The molecule has 0 N–H and O–H groups in total. The van der Waals surface area contributed by atoms with Gasteiger partial charge in [0.2, 0.25) is 0 Å². The number of Topliss-reactive ketones (excluding diaryl/α,β-unsaturated/α-hetero) is 1. The molecule has 0 aliphatic rings. The second-order valence-corrected chi connectivity index (χ2v) is 6.63. The molecular weight excluding hydrogens is 366 g/mol. The van der Waals surface area contributed by atoms with E-state index in [1.807, 2.05) is 42.5 Å². The Morgan fingerprint density at radius 3 is 2.52 bits per heavy atom. The van der Waals surface area contributed by atoms with E-state index in [0.29, 0.717) is 30.6 Å². The molecule has 0 saturated carbocycles. The van der Waals surface area contributed by atoms with Crippen LogP contribution in [0, 0.1) is 0 Å². The van der Waals surface area contributed by atoms with E-state index in [1.165, 1.54) is 6.20 Å². The molecule has 0 bridgehead atoms. The highest BCUT2D eigenvalue weighted by Gasteiger charge is 2.10. The van der Waals surface area contributed by atoms with Crippen LogP contribution in [0.3, 0.4) is 0 Å². The fourth-order valence-corrected chi connectivity index (χ4v) is 2.86. The maximum absolute atomic E-state index is 12.0. The molecule has 0 atom stereocenters. The molecule has 1 aromatic heterocycles. The Bertz CT molecular complexity index is 955. The van der Waals surface area contributed by atoms with Crippen LogP contribution in [0.1, 0.15) is 45.2 Å². The Morgan fingerprint density at radius 1 is 0.966 bits per heavy atom. The Hall–Kier alpha value is -3.47. The van der Waals surface area contributed by atoms with E-state index in [2.05, 4.69) is 4.98 Å². The topological polar surface area (TPSA) is 65.5 Å². The van der Waals surface area contributed by atoms with Gasteiger partial charge in [0.15, 0.2) is 5.78 Å². The first-order valence-corrected chi connectivity index (χ1v) is 9.51. The number of hydrogen-bond acceptors (Lipinski definition) is 5. The van der Waals surface area contributed by atoms with Crippen molar-refractivity contribution in [2.75, 3.05) is 6.61 Å². The van der Waals surface area contributed by atoms with Crippen molar-refractivity contribution in [3.63, 3.8) is 0 Å². The van der Waals surface area contributed by atoms with Gasteiger partial charge in [0.1, 0.15) is 12.4 Å². The number of aromatic nitrogens is 1. The lowest BCUT2D eigenvalue weighted by molar-refractivity contribution is 0.0500. The van der Waals surface area contributed by atoms with E-state index in [-0.39, 0.29) is 12.4 Å². The zero-order valence-electron chi connectivity index (χ0n) is 16.3. The quantitative estimate of drug-likeness (QED) is 0.303. The van der Waals surface area contributed by atoms with Crippen LogP contribution < -0.4 is 4.74 Å². The lowest BCUT2D eigenvalue weighted by Crippen LogP contribution is -2.08. The largest absolute Gasteiger partial charge is 0.489 e. The number of carbonyl (C=O) groups excluding carboxylic acids is 2. The second-order valence-electron chi connectivity index (χ2n) is 6.63. The van der Waals surface area contributed by atoms with Crippen LogP contribution in [-0.4, -0.2) is 23.3 Å². The van der Waals surface area contributed by atoms with E-state index in [9.17, 15) is 9.59 Å². The van der Waals surface area contributed by atoms with Gasteiger partial charge in [-0.3, -0.25) is 9.78 Å². The van der Waals surface area contributed by atoms with E-state index in [0.717, 1.165) is 16.9 Å². The van der Waals surface area contributed by atoms with Gasteiger partial charge >= 0.3 is 5.97 Å². The van der Waals surface area contributed by atoms with Gasteiger partial charge in [0.25, 0.3) is 0 Å². The van der Waals surface area contributed by atoms with Gasteiger partial charge in [-0.25, -0.2) is 4.79 Å². The van der Waals surface area contributed by atoms with Gasteiger partial charge < -0.3 is 9.47 Å². The van der Waals surface area contributed by atoms with Crippen LogP contribution in [-0.2, 0) is 17.8 Å². The zero-order chi connectivity index (χ0) is 20.5. The van der Waals surface area contributed by atoms with Gasteiger partial charge in [-0.05, 0) is 61.2 Å². The van der Waals surface area contributed by atoms with Crippen LogP contribution in [0.4, 0.5) is 0 Å². The predicted molar refractivity (Wildman–Crippen MR) is 110 cm³/mol. The molecule has 0 spiro atoms. The number of ketones is 1. The van der Waals surface area contributed by atoms with E-state index >= 15 is 0 Å². The number of hydrogen-bond donors (Lipinski definition) is 0. The average Bonchev–Trinajstić information content (AvgIpc) is 2.76. The first kappa shape index (κ1) is 20.3. The van der Waals surface area contributed by atoms with Crippen molar-refractivity contribution < 1.29 is 19.1 Å². The van der Waals surface area contributed by atoms with E-state index in [4.69, 9.17) is 9.47 Å². The fraction of sp³-hybridized carbons (Fsp3) is 0.208. The highest BCUT2D eigenvalue weighted by molar-refractivity contribution is 5.94. The van der Waals surface area contributed by atoms with Crippen LogP contribution in [0.25, 0.3) is 0 Å². The SMILES string of the molecule is CC(=O)c1ccc(OCc2ccccc2)c(CCCOC(=O)c2cccnc2)c1. The molecule has 0 fully saturated rings.